The molecule has 12 heavy (non-hydrogen) atoms. The standard InChI is InChI=1S/C10H19NO/c1-3-5-6-10(4-2)9-12-8-7-11/h10H,3-6,8-9H2,1-2H3. The van der Waals surface area contributed by atoms with E-state index in [0.29, 0.717) is 5.92 Å². The number of hydrogen-bond acceptors (Lipinski definition) is 2. The van der Waals surface area contributed by atoms with Gasteiger partial charge in [-0.15, -0.1) is 0 Å². The van der Waals surface area contributed by atoms with Gasteiger partial charge in [-0.3, -0.25) is 0 Å². The fourth-order valence-electron chi connectivity index (χ4n) is 1.17. The Hall–Kier alpha value is -0.550. The Balaban J connectivity index is 3.34. The zero-order chi connectivity index (χ0) is 9.23. The van der Waals surface area contributed by atoms with Gasteiger partial charge in [0.25, 0.3) is 0 Å². The Morgan fingerprint density at radius 1 is 1.42 bits per heavy atom. The van der Waals surface area contributed by atoms with E-state index in [1.165, 1.54) is 19.3 Å². The van der Waals surface area contributed by atoms with Crippen LogP contribution >= 0.6 is 0 Å². The first-order valence-corrected chi connectivity index (χ1v) is 4.79. The van der Waals surface area contributed by atoms with E-state index in [1.54, 1.807) is 0 Å². The van der Waals surface area contributed by atoms with E-state index < -0.39 is 0 Å². The third-order valence-electron chi connectivity index (χ3n) is 2.06. The fraction of sp³-hybridized carbons (Fsp3) is 0.900. The third kappa shape index (κ3) is 6.18. The molecular weight excluding hydrogens is 150 g/mol. The Bertz CT molecular complexity index is 128. The second-order valence-corrected chi connectivity index (χ2v) is 3.09. The van der Waals surface area contributed by atoms with E-state index in [0.717, 1.165) is 13.0 Å². The lowest BCUT2D eigenvalue weighted by Crippen LogP contribution is -2.08. The molecule has 0 N–H and O–H groups in total. The summed E-state index contributed by atoms with van der Waals surface area (Å²) in [5, 5.41) is 8.25. The lowest BCUT2D eigenvalue weighted by atomic mass is 10.0. The average molecular weight is 169 g/mol. The van der Waals surface area contributed by atoms with Crippen LogP contribution in [0.3, 0.4) is 0 Å². The summed E-state index contributed by atoms with van der Waals surface area (Å²) in [6, 6.07) is 1.98. The van der Waals surface area contributed by atoms with Crippen LogP contribution in [0.15, 0.2) is 0 Å². The van der Waals surface area contributed by atoms with Crippen LogP contribution in [-0.4, -0.2) is 13.2 Å². The van der Waals surface area contributed by atoms with Crippen molar-refractivity contribution in [1.82, 2.24) is 0 Å². The van der Waals surface area contributed by atoms with Crippen molar-refractivity contribution >= 4 is 0 Å². The predicted octanol–water partition coefficient (Wildman–Crippen LogP) is 2.74. The maximum Gasteiger partial charge on any atom is 0.133 e. The second kappa shape index (κ2) is 8.55. The van der Waals surface area contributed by atoms with Crippen LogP contribution in [0.1, 0.15) is 39.5 Å². The summed E-state index contributed by atoms with van der Waals surface area (Å²) in [6.07, 6.45) is 4.91. The molecule has 0 saturated heterocycles. The number of nitrogens with zero attached hydrogens (tertiary/aromatic N) is 1. The summed E-state index contributed by atoms with van der Waals surface area (Å²) >= 11 is 0. The van der Waals surface area contributed by atoms with E-state index in [4.69, 9.17) is 10.00 Å². The maximum atomic E-state index is 8.25. The van der Waals surface area contributed by atoms with Crippen LogP contribution in [0.4, 0.5) is 0 Å². The molecule has 0 spiro atoms. The van der Waals surface area contributed by atoms with Gasteiger partial charge in [-0.25, -0.2) is 0 Å². The molecule has 0 aromatic carbocycles. The van der Waals surface area contributed by atoms with Crippen molar-refractivity contribution in [2.45, 2.75) is 39.5 Å². The topological polar surface area (TPSA) is 33.0 Å². The van der Waals surface area contributed by atoms with Crippen molar-refractivity contribution in [3.8, 4) is 6.07 Å². The van der Waals surface area contributed by atoms with Crippen molar-refractivity contribution in [2.24, 2.45) is 5.92 Å². The van der Waals surface area contributed by atoms with Crippen molar-refractivity contribution < 1.29 is 4.74 Å². The molecule has 0 bridgehead atoms. The predicted molar refractivity (Wildman–Crippen MR) is 49.7 cm³/mol. The van der Waals surface area contributed by atoms with E-state index in [2.05, 4.69) is 13.8 Å². The first kappa shape index (κ1) is 11.4. The molecule has 0 aliphatic rings. The molecule has 0 aliphatic heterocycles. The monoisotopic (exact) mass is 169 g/mol. The van der Waals surface area contributed by atoms with E-state index in [9.17, 15) is 0 Å². The zero-order valence-corrected chi connectivity index (χ0v) is 8.18. The van der Waals surface area contributed by atoms with Crippen LogP contribution in [0.5, 0.6) is 0 Å². The van der Waals surface area contributed by atoms with Gasteiger partial charge in [-0.05, 0) is 12.3 Å². The smallest absolute Gasteiger partial charge is 0.133 e. The first-order valence-electron chi connectivity index (χ1n) is 4.79. The second-order valence-electron chi connectivity index (χ2n) is 3.09. The molecule has 2 nitrogen and oxygen atoms in total. The summed E-state index contributed by atoms with van der Waals surface area (Å²) in [6.45, 7) is 5.37. The fourth-order valence-corrected chi connectivity index (χ4v) is 1.17. The van der Waals surface area contributed by atoms with E-state index in [1.807, 2.05) is 6.07 Å². The highest BCUT2D eigenvalue weighted by molar-refractivity contribution is 4.67. The summed E-state index contributed by atoms with van der Waals surface area (Å²) in [5.74, 6) is 0.651. The Kier molecular flexibility index (Phi) is 8.15. The van der Waals surface area contributed by atoms with Gasteiger partial charge in [0.2, 0.25) is 0 Å². The highest BCUT2D eigenvalue weighted by Gasteiger charge is 2.04. The van der Waals surface area contributed by atoms with Crippen molar-refractivity contribution in [1.29, 1.82) is 5.26 Å². The molecule has 0 aromatic heterocycles. The van der Waals surface area contributed by atoms with Crippen LogP contribution in [0, 0.1) is 17.2 Å². The van der Waals surface area contributed by atoms with Crippen LogP contribution in [-0.2, 0) is 4.74 Å². The molecule has 0 fully saturated rings. The summed E-state index contributed by atoms with van der Waals surface area (Å²) < 4.78 is 5.17. The lowest BCUT2D eigenvalue weighted by molar-refractivity contribution is 0.119. The molecule has 0 saturated carbocycles. The van der Waals surface area contributed by atoms with E-state index >= 15 is 0 Å². The van der Waals surface area contributed by atoms with Gasteiger partial charge in [0.1, 0.15) is 6.61 Å². The van der Waals surface area contributed by atoms with Crippen molar-refractivity contribution in [3.63, 3.8) is 0 Å². The number of rotatable bonds is 7. The average Bonchev–Trinajstić information content (AvgIpc) is 2.11. The van der Waals surface area contributed by atoms with Gasteiger partial charge in [-0.2, -0.15) is 5.26 Å². The van der Waals surface area contributed by atoms with Gasteiger partial charge in [0.15, 0.2) is 0 Å². The molecule has 1 atom stereocenters. The number of hydrogen-bond donors (Lipinski definition) is 0. The molecule has 0 amide bonds. The molecule has 0 aliphatic carbocycles. The normalized spacial score (nSPS) is 12.4. The number of nitriles is 1. The van der Waals surface area contributed by atoms with Crippen molar-refractivity contribution in [3.05, 3.63) is 0 Å². The number of ether oxygens (including phenoxy) is 1. The highest BCUT2D eigenvalue weighted by Crippen LogP contribution is 2.12. The minimum absolute atomic E-state index is 0.239. The Morgan fingerprint density at radius 3 is 2.67 bits per heavy atom. The summed E-state index contributed by atoms with van der Waals surface area (Å²) in [5.41, 5.74) is 0. The zero-order valence-electron chi connectivity index (χ0n) is 8.18. The molecule has 0 heterocycles. The van der Waals surface area contributed by atoms with Gasteiger partial charge in [0, 0.05) is 0 Å². The quantitative estimate of drug-likeness (QED) is 0.549. The highest BCUT2D eigenvalue weighted by atomic mass is 16.5. The molecule has 1 unspecified atom stereocenters. The lowest BCUT2D eigenvalue weighted by Gasteiger charge is -2.12. The van der Waals surface area contributed by atoms with Gasteiger partial charge < -0.3 is 4.74 Å². The summed E-state index contributed by atoms with van der Waals surface area (Å²) in [4.78, 5) is 0. The van der Waals surface area contributed by atoms with Crippen LogP contribution in [0.2, 0.25) is 0 Å². The SMILES string of the molecule is CCCCC(CC)COCC#N. The van der Waals surface area contributed by atoms with Crippen LogP contribution < -0.4 is 0 Å². The molecule has 0 radical (unpaired) electrons. The molecule has 70 valence electrons. The minimum atomic E-state index is 0.239. The number of unbranched alkanes of at least 4 members (excludes halogenated alkanes) is 1. The molecule has 0 aromatic rings. The molecule has 2 heteroatoms. The largest absolute Gasteiger partial charge is 0.366 e. The minimum Gasteiger partial charge on any atom is -0.366 e. The molecular formula is C10H19NO. The Morgan fingerprint density at radius 2 is 2.17 bits per heavy atom. The third-order valence-corrected chi connectivity index (χ3v) is 2.06. The van der Waals surface area contributed by atoms with Gasteiger partial charge in [-0.1, -0.05) is 33.1 Å². The molecule has 0 rings (SSSR count). The first-order chi connectivity index (χ1) is 5.85. The summed E-state index contributed by atoms with van der Waals surface area (Å²) in [7, 11) is 0. The van der Waals surface area contributed by atoms with Crippen LogP contribution in [0.25, 0.3) is 0 Å². The van der Waals surface area contributed by atoms with Gasteiger partial charge >= 0.3 is 0 Å². The van der Waals surface area contributed by atoms with Gasteiger partial charge in [0.05, 0.1) is 12.7 Å². The maximum absolute atomic E-state index is 8.25. The van der Waals surface area contributed by atoms with E-state index in [-0.39, 0.29) is 6.61 Å². The Labute approximate surface area is 75.5 Å². The van der Waals surface area contributed by atoms with Crippen molar-refractivity contribution in [2.75, 3.05) is 13.2 Å².